The molecule has 1 unspecified atom stereocenters. The standard InChI is InChI=1S/C30H29N5O2/c1-34(2)23-14-12-22(13-15-23)25(26-19-31-27-11-7-6-10-24(26)27)18-32-30(37)28-16-17-29(36)35(33-28)20-21-8-4-3-5-9-21/h3-17,19,25,31H,18,20H2,1-2H3,(H,32,37). The van der Waals surface area contributed by atoms with E-state index in [-0.39, 0.29) is 23.1 Å². The summed E-state index contributed by atoms with van der Waals surface area (Å²) >= 11 is 0. The van der Waals surface area contributed by atoms with Crippen molar-refractivity contribution in [3.8, 4) is 0 Å². The number of hydrogen-bond donors (Lipinski definition) is 2. The van der Waals surface area contributed by atoms with Crippen LogP contribution in [0.5, 0.6) is 0 Å². The molecule has 0 saturated heterocycles. The second-order valence-corrected chi connectivity index (χ2v) is 9.24. The Hall–Kier alpha value is -4.65. The fourth-order valence-corrected chi connectivity index (χ4v) is 4.52. The van der Waals surface area contributed by atoms with Gasteiger partial charge in [-0.1, -0.05) is 60.7 Å². The number of amides is 1. The number of fused-ring (bicyclic) bond motifs is 1. The monoisotopic (exact) mass is 491 g/mol. The summed E-state index contributed by atoms with van der Waals surface area (Å²) in [5.74, 6) is -0.400. The number of hydrogen-bond acceptors (Lipinski definition) is 4. The number of benzene rings is 3. The molecule has 7 heteroatoms. The quantitative estimate of drug-likeness (QED) is 0.337. The van der Waals surface area contributed by atoms with E-state index >= 15 is 0 Å². The smallest absolute Gasteiger partial charge is 0.271 e. The number of carbonyl (C=O) groups excluding carboxylic acids is 1. The van der Waals surface area contributed by atoms with Crippen LogP contribution in [0.1, 0.15) is 33.1 Å². The summed E-state index contributed by atoms with van der Waals surface area (Å²) in [6.45, 7) is 0.679. The summed E-state index contributed by atoms with van der Waals surface area (Å²) in [6.07, 6.45) is 2.01. The fraction of sp³-hybridized carbons (Fsp3) is 0.167. The number of nitrogens with one attached hydrogen (secondary N) is 2. The SMILES string of the molecule is CN(C)c1ccc(C(CNC(=O)c2ccc(=O)n(Cc3ccccc3)n2)c2c[nH]c3ccccc23)cc1. The van der Waals surface area contributed by atoms with E-state index in [1.54, 1.807) is 0 Å². The number of H-pyrrole nitrogens is 1. The summed E-state index contributed by atoms with van der Waals surface area (Å²) in [7, 11) is 4.02. The minimum Gasteiger partial charge on any atom is -0.378 e. The van der Waals surface area contributed by atoms with Crippen LogP contribution in [-0.4, -0.2) is 41.3 Å². The van der Waals surface area contributed by atoms with Crippen LogP contribution < -0.4 is 15.8 Å². The highest BCUT2D eigenvalue weighted by Crippen LogP contribution is 2.31. The van der Waals surface area contributed by atoms with Crippen LogP contribution in [0.25, 0.3) is 10.9 Å². The molecule has 1 amide bonds. The predicted molar refractivity (Wildman–Crippen MR) is 147 cm³/mol. The van der Waals surface area contributed by atoms with Gasteiger partial charge < -0.3 is 15.2 Å². The molecule has 3 aromatic carbocycles. The van der Waals surface area contributed by atoms with E-state index in [0.717, 1.165) is 33.3 Å². The Morgan fingerprint density at radius 1 is 0.946 bits per heavy atom. The van der Waals surface area contributed by atoms with Gasteiger partial charge in [-0.3, -0.25) is 9.59 Å². The molecule has 0 spiro atoms. The second kappa shape index (κ2) is 10.5. The Kier molecular flexibility index (Phi) is 6.85. The highest BCUT2D eigenvalue weighted by Gasteiger charge is 2.20. The number of carbonyl (C=O) groups is 1. The van der Waals surface area contributed by atoms with Gasteiger partial charge in [0.1, 0.15) is 5.69 Å². The van der Waals surface area contributed by atoms with Gasteiger partial charge in [0.2, 0.25) is 0 Å². The van der Waals surface area contributed by atoms with Crippen LogP contribution >= 0.6 is 0 Å². The average molecular weight is 492 g/mol. The molecule has 186 valence electrons. The van der Waals surface area contributed by atoms with E-state index in [2.05, 4.69) is 50.6 Å². The minimum atomic E-state index is -0.323. The first-order valence-electron chi connectivity index (χ1n) is 12.2. The average Bonchev–Trinajstić information content (AvgIpc) is 3.35. The second-order valence-electron chi connectivity index (χ2n) is 9.24. The third kappa shape index (κ3) is 5.30. The van der Waals surface area contributed by atoms with Crippen LogP contribution in [0.2, 0.25) is 0 Å². The van der Waals surface area contributed by atoms with E-state index in [9.17, 15) is 9.59 Å². The van der Waals surface area contributed by atoms with Crippen molar-refractivity contribution in [3.63, 3.8) is 0 Å². The number of para-hydroxylation sites is 1. The Labute approximate surface area is 215 Å². The first-order chi connectivity index (χ1) is 18.0. The van der Waals surface area contributed by atoms with Gasteiger partial charge in [-0.2, -0.15) is 5.10 Å². The number of anilines is 1. The van der Waals surface area contributed by atoms with Crippen molar-refractivity contribution in [2.75, 3.05) is 25.5 Å². The van der Waals surface area contributed by atoms with E-state index < -0.39 is 0 Å². The molecule has 7 nitrogen and oxygen atoms in total. The Bertz CT molecular complexity index is 1570. The molecule has 0 aliphatic heterocycles. The maximum atomic E-state index is 13.2. The van der Waals surface area contributed by atoms with Crippen LogP contribution in [0.3, 0.4) is 0 Å². The zero-order valence-corrected chi connectivity index (χ0v) is 20.9. The first kappa shape index (κ1) is 24.1. The third-order valence-corrected chi connectivity index (χ3v) is 6.55. The molecule has 5 rings (SSSR count). The molecule has 0 aliphatic rings. The molecular weight excluding hydrogens is 462 g/mol. The Morgan fingerprint density at radius 3 is 2.43 bits per heavy atom. The highest BCUT2D eigenvalue weighted by molar-refractivity contribution is 5.92. The zero-order chi connectivity index (χ0) is 25.8. The lowest BCUT2D eigenvalue weighted by molar-refractivity contribution is 0.0945. The topological polar surface area (TPSA) is 83.0 Å². The van der Waals surface area contributed by atoms with E-state index in [1.807, 2.05) is 68.8 Å². The summed E-state index contributed by atoms with van der Waals surface area (Å²) in [4.78, 5) is 30.9. The molecule has 0 saturated carbocycles. The van der Waals surface area contributed by atoms with E-state index in [1.165, 1.54) is 16.8 Å². The van der Waals surface area contributed by atoms with Crippen LogP contribution in [-0.2, 0) is 6.54 Å². The normalized spacial score (nSPS) is 11.8. The fourth-order valence-electron chi connectivity index (χ4n) is 4.52. The van der Waals surface area contributed by atoms with Crippen LogP contribution in [0, 0.1) is 0 Å². The van der Waals surface area contributed by atoms with Gasteiger partial charge in [0.25, 0.3) is 11.5 Å². The van der Waals surface area contributed by atoms with Crippen molar-refractivity contribution in [3.05, 3.63) is 130 Å². The van der Waals surface area contributed by atoms with Crippen molar-refractivity contribution >= 4 is 22.5 Å². The van der Waals surface area contributed by atoms with Crippen LogP contribution in [0.15, 0.2) is 102 Å². The molecule has 2 N–H and O–H groups in total. The Morgan fingerprint density at radius 2 is 1.68 bits per heavy atom. The molecule has 1 atom stereocenters. The van der Waals surface area contributed by atoms with E-state index in [0.29, 0.717) is 13.1 Å². The first-order valence-corrected chi connectivity index (χ1v) is 12.2. The van der Waals surface area contributed by atoms with Gasteiger partial charge in [-0.15, -0.1) is 0 Å². The molecule has 2 aromatic heterocycles. The highest BCUT2D eigenvalue weighted by atomic mass is 16.2. The van der Waals surface area contributed by atoms with Gasteiger partial charge in [0.15, 0.2) is 0 Å². The molecule has 2 heterocycles. The van der Waals surface area contributed by atoms with Crippen LogP contribution in [0.4, 0.5) is 5.69 Å². The third-order valence-electron chi connectivity index (χ3n) is 6.55. The molecule has 37 heavy (non-hydrogen) atoms. The maximum absolute atomic E-state index is 13.2. The Balaban J connectivity index is 1.41. The lowest BCUT2D eigenvalue weighted by Gasteiger charge is -2.20. The number of rotatable bonds is 8. The van der Waals surface area contributed by atoms with Gasteiger partial charge in [0.05, 0.1) is 6.54 Å². The van der Waals surface area contributed by atoms with Gasteiger partial charge in [-0.05, 0) is 41.0 Å². The van der Waals surface area contributed by atoms with E-state index in [4.69, 9.17) is 0 Å². The lowest BCUT2D eigenvalue weighted by Crippen LogP contribution is -2.32. The van der Waals surface area contributed by atoms with Gasteiger partial charge >= 0.3 is 0 Å². The number of nitrogens with zero attached hydrogens (tertiary/aromatic N) is 3. The van der Waals surface area contributed by atoms with Crippen molar-refractivity contribution in [1.29, 1.82) is 0 Å². The molecule has 5 aromatic rings. The summed E-state index contributed by atoms with van der Waals surface area (Å²) in [5, 5.41) is 8.52. The summed E-state index contributed by atoms with van der Waals surface area (Å²) in [6, 6.07) is 29.0. The number of aromatic amines is 1. The van der Waals surface area contributed by atoms with Gasteiger partial charge in [0, 0.05) is 55.4 Å². The largest absolute Gasteiger partial charge is 0.378 e. The zero-order valence-electron chi connectivity index (χ0n) is 20.9. The predicted octanol–water partition coefficient (Wildman–Crippen LogP) is 4.40. The minimum absolute atomic E-state index is 0.0773. The molecule has 0 bridgehead atoms. The number of aromatic nitrogens is 3. The summed E-state index contributed by atoms with van der Waals surface area (Å²) in [5.41, 5.74) is 5.25. The molecule has 0 radical (unpaired) electrons. The van der Waals surface area contributed by atoms with Crippen molar-refractivity contribution < 1.29 is 4.79 Å². The molecule has 0 aliphatic carbocycles. The lowest BCUT2D eigenvalue weighted by atomic mass is 9.90. The van der Waals surface area contributed by atoms with Crippen molar-refractivity contribution in [2.24, 2.45) is 0 Å². The summed E-state index contributed by atoms with van der Waals surface area (Å²) < 4.78 is 1.32. The molecule has 0 fully saturated rings. The molecular formula is C30H29N5O2. The van der Waals surface area contributed by atoms with Crippen molar-refractivity contribution in [2.45, 2.75) is 12.5 Å². The maximum Gasteiger partial charge on any atom is 0.271 e. The van der Waals surface area contributed by atoms with Crippen molar-refractivity contribution in [1.82, 2.24) is 20.1 Å². The van der Waals surface area contributed by atoms with Gasteiger partial charge in [-0.25, -0.2) is 4.68 Å².